The van der Waals surface area contributed by atoms with Crippen LogP contribution in [0.4, 0.5) is 0 Å². The lowest BCUT2D eigenvalue weighted by molar-refractivity contribution is 0.0347. The Hall–Kier alpha value is -1.11. The molecule has 4 atom stereocenters. The zero-order valence-electron chi connectivity index (χ0n) is 14.3. The summed E-state index contributed by atoms with van der Waals surface area (Å²) in [5, 5.41) is 6.92. The van der Waals surface area contributed by atoms with Gasteiger partial charge in [-0.3, -0.25) is 4.99 Å². The quantitative estimate of drug-likeness (QED) is 0.574. The summed E-state index contributed by atoms with van der Waals surface area (Å²) in [6, 6.07) is 9.24. The number of nitrogens with zero attached hydrogens (tertiary/aromatic N) is 1. The Morgan fingerprint density at radius 1 is 1.42 bits per heavy atom. The van der Waals surface area contributed by atoms with E-state index in [4.69, 9.17) is 9.47 Å². The molecule has 2 aliphatic rings. The first kappa shape index (κ1) is 17.7. The van der Waals surface area contributed by atoms with Crippen molar-refractivity contribution in [3.8, 4) is 0 Å². The first-order chi connectivity index (χ1) is 11.7. The largest absolute Gasteiger partial charge is 0.379 e. The Kier molecular flexibility index (Phi) is 6.14. The second-order valence-electron chi connectivity index (χ2n) is 6.58. The van der Waals surface area contributed by atoms with Crippen molar-refractivity contribution >= 4 is 21.9 Å². The lowest BCUT2D eigenvalue weighted by Crippen LogP contribution is -2.45. The van der Waals surface area contributed by atoms with Crippen molar-refractivity contribution in [2.75, 3.05) is 26.9 Å². The summed E-state index contributed by atoms with van der Waals surface area (Å²) in [5.74, 6) is 1.41. The third kappa shape index (κ3) is 4.94. The summed E-state index contributed by atoms with van der Waals surface area (Å²) < 4.78 is 12.3. The second-order valence-corrected chi connectivity index (χ2v) is 7.50. The number of guanidine groups is 1. The summed E-state index contributed by atoms with van der Waals surface area (Å²) >= 11 is 3.48. The topological polar surface area (TPSA) is 54.9 Å². The van der Waals surface area contributed by atoms with Crippen LogP contribution < -0.4 is 10.6 Å². The predicted octanol–water partition coefficient (Wildman–Crippen LogP) is 2.66. The maximum atomic E-state index is 5.86. The molecule has 1 aromatic rings. The van der Waals surface area contributed by atoms with Gasteiger partial charge in [-0.05, 0) is 37.5 Å². The van der Waals surface area contributed by atoms with Gasteiger partial charge in [0.2, 0.25) is 0 Å². The van der Waals surface area contributed by atoms with Crippen LogP contribution in [-0.4, -0.2) is 51.0 Å². The van der Waals surface area contributed by atoms with E-state index in [9.17, 15) is 0 Å². The van der Waals surface area contributed by atoms with Crippen LogP contribution in [0.1, 0.15) is 31.2 Å². The SMILES string of the molecule is CN=C(NC(C)COC1CCOC1)NC1CC1c1ccc(Br)cc1. The average molecular weight is 396 g/mol. The Balaban J connectivity index is 1.41. The molecule has 6 heteroatoms. The summed E-state index contributed by atoms with van der Waals surface area (Å²) in [6.45, 7) is 4.31. The summed E-state index contributed by atoms with van der Waals surface area (Å²) in [4.78, 5) is 4.34. The highest BCUT2D eigenvalue weighted by atomic mass is 79.9. The van der Waals surface area contributed by atoms with Crippen LogP contribution in [0.25, 0.3) is 0 Å². The van der Waals surface area contributed by atoms with Gasteiger partial charge in [-0.2, -0.15) is 0 Å². The lowest BCUT2D eigenvalue weighted by atomic mass is 10.1. The standard InChI is InChI=1S/C18H26BrN3O2/c1-12(10-24-15-7-8-23-11-15)21-18(20-2)22-17-9-16(17)13-3-5-14(19)6-4-13/h3-6,12,15-17H,7-11H2,1-2H3,(H2,20,21,22). The molecule has 1 aliphatic heterocycles. The molecule has 0 radical (unpaired) electrons. The van der Waals surface area contributed by atoms with E-state index in [1.54, 1.807) is 0 Å². The first-order valence-electron chi connectivity index (χ1n) is 8.60. The molecule has 1 aliphatic carbocycles. The van der Waals surface area contributed by atoms with Gasteiger partial charge in [0, 0.05) is 36.1 Å². The van der Waals surface area contributed by atoms with Crippen molar-refractivity contribution in [2.24, 2.45) is 4.99 Å². The van der Waals surface area contributed by atoms with Crippen LogP contribution in [0.5, 0.6) is 0 Å². The Morgan fingerprint density at radius 3 is 2.88 bits per heavy atom. The third-order valence-corrected chi connectivity index (χ3v) is 5.02. The first-order valence-corrected chi connectivity index (χ1v) is 9.39. The van der Waals surface area contributed by atoms with E-state index in [-0.39, 0.29) is 12.1 Å². The van der Waals surface area contributed by atoms with E-state index in [2.05, 4.69) is 62.7 Å². The van der Waals surface area contributed by atoms with Crippen LogP contribution in [0.15, 0.2) is 33.7 Å². The zero-order valence-corrected chi connectivity index (χ0v) is 15.9. The highest BCUT2D eigenvalue weighted by Gasteiger charge is 2.39. The minimum atomic E-state index is 0.210. The van der Waals surface area contributed by atoms with Crippen molar-refractivity contribution < 1.29 is 9.47 Å². The fourth-order valence-corrected chi connectivity index (χ4v) is 3.24. The van der Waals surface area contributed by atoms with Crippen LogP contribution in [-0.2, 0) is 9.47 Å². The number of rotatable bonds is 6. The fraction of sp³-hybridized carbons (Fsp3) is 0.611. The molecule has 1 saturated heterocycles. The number of hydrogen-bond acceptors (Lipinski definition) is 3. The van der Waals surface area contributed by atoms with Crippen LogP contribution in [0.2, 0.25) is 0 Å². The van der Waals surface area contributed by atoms with Gasteiger partial charge >= 0.3 is 0 Å². The van der Waals surface area contributed by atoms with Crippen molar-refractivity contribution in [3.63, 3.8) is 0 Å². The highest BCUT2D eigenvalue weighted by Crippen LogP contribution is 2.40. The van der Waals surface area contributed by atoms with Crippen LogP contribution in [0, 0.1) is 0 Å². The zero-order chi connectivity index (χ0) is 16.9. The summed E-state index contributed by atoms with van der Waals surface area (Å²) in [7, 11) is 1.81. The Bertz CT molecular complexity index is 558. The van der Waals surface area contributed by atoms with Gasteiger partial charge in [-0.15, -0.1) is 0 Å². The Labute approximate surface area is 152 Å². The predicted molar refractivity (Wildman–Crippen MR) is 99.6 cm³/mol. The number of aliphatic imine (C=N–C) groups is 1. The molecule has 2 N–H and O–H groups in total. The van der Waals surface area contributed by atoms with E-state index in [1.165, 1.54) is 5.56 Å². The minimum Gasteiger partial charge on any atom is -0.379 e. The maximum absolute atomic E-state index is 5.86. The maximum Gasteiger partial charge on any atom is 0.191 e. The molecule has 1 heterocycles. The second kappa shape index (κ2) is 8.32. The van der Waals surface area contributed by atoms with Crippen molar-refractivity contribution in [3.05, 3.63) is 34.3 Å². The normalized spacial score (nSPS) is 27.8. The molecule has 5 nitrogen and oxygen atoms in total. The molecule has 0 spiro atoms. The van der Waals surface area contributed by atoms with E-state index < -0.39 is 0 Å². The monoisotopic (exact) mass is 395 g/mol. The minimum absolute atomic E-state index is 0.210. The van der Waals surface area contributed by atoms with E-state index in [0.29, 0.717) is 18.6 Å². The van der Waals surface area contributed by atoms with Gasteiger partial charge in [0.1, 0.15) is 0 Å². The molecule has 0 bridgehead atoms. The van der Waals surface area contributed by atoms with E-state index in [0.717, 1.165) is 36.5 Å². The van der Waals surface area contributed by atoms with Gasteiger partial charge in [-0.25, -0.2) is 0 Å². The number of halogens is 1. The molecule has 24 heavy (non-hydrogen) atoms. The van der Waals surface area contributed by atoms with Crippen molar-refractivity contribution in [2.45, 2.75) is 43.9 Å². The molecule has 1 aromatic carbocycles. The molecule has 3 rings (SSSR count). The van der Waals surface area contributed by atoms with E-state index in [1.807, 2.05) is 7.05 Å². The highest BCUT2D eigenvalue weighted by molar-refractivity contribution is 9.10. The summed E-state index contributed by atoms with van der Waals surface area (Å²) in [6.07, 6.45) is 2.39. The van der Waals surface area contributed by atoms with Crippen molar-refractivity contribution in [1.82, 2.24) is 10.6 Å². The fourth-order valence-electron chi connectivity index (χ4n) is 2.98. The molecular weight excluding hydrogens is 370 g/mol. The molecular formula is C18H26BrN3O2. The third-order valence-electron chi connectivity index (χ3n) is 4.49. The molecule has 1 saturated carbocycles. The van der Waals surface area contributed by atoms with Gasteiger partial charge in [0.15, 0.2) is 5.96 Å². The molecule has 132 valence electrons. The van der Waals surface area contributed by atoms with Gasteiger partial charge in [0.25, 0.3) is 0 Å². The average Bonchev–Trinajstić information content (AvgIpc) is 3.14. The number of ether oxygens (including phenoxy) is 2. The van der Waals surface area contributed by atoms with Gasteiger partial charge in [0.05, 0.1) is 19.3 Å². The Morgan fingerprint density at radius 2 is 2.21 bits per heavy atom. The lowest BCUT2D eigenvalue weighted by Gasteiger charge is -2.19. The molecule has 0 aromatic heterocycles. The van der Waals surface area contributed by atoms with Gasteiger partial charge in [-0.1, -0.05) is 28.1 Å². The van der Waals surface area contributed by atoms with Crippen LogP contribution >= 0.6 is 15.9 Å². The molecule has 0 amide bonds. The summed E-state index contributed by atoms with van der Waals surface area (Å²) in [5.41, 5.74) is 1.38. The van der Waals surface area contributed by atoms with Crippen molar-refractivity contribution in [1.29, 1.82) is 0 Å². The smallest absolute Gasteiger partial charge is 0.191 e. The molecule has 2 fully saturated rings. The van der Waals surface area contributed by atoms with E-state index >= 15 is 0 Å². The molecule has 4 unspecified atom stereocenters. The number of benzene rings is 1. The number of hydrogen-bond donors (Lipinski definition) is 2. The van der Waals surface area contributed by atoms with Gasteiger partial charge < -0.3 is 20.1 Å². The number of nitrogens with one attached hydrogen (secondary N) is 2. The van der Waals surface area contributed by atoms with Crippen LogP contribution in [0.3, 0.4) is 0 Å².